The van der Waals surface area contributed by atoms with Crippen molar-refractivity contribution in [3.8, 4) is 0 Å². The maximum Gasteiger partial charge on any atom is 0.219 e. The summed E-state index contributed by atoms with van der Waals surface area (Å²) >= 11 is 0. The lowest BCUT2D eigenvalue weighted by molar-refractivity contribution is -0.128. The first-order valence-corrected chi connectivity index (χ1v) is 3.69. The van der Waals surface area contributed by atoms with Gasteiger partial charge < -0.3 is 10.2 Å². The molecule has 1 heterocycles. The summed E-state index contributed by atoms with van der Waals surface area (Å²) in [7, 11) is 0. The van der Waals surface area contributed by atoms with Crippen LogP contribution in [0.2, 0.25) is 0 Å². The Balaban J connectivity index is 2.34. The second-order valence-corrected chi connectivity index (χ2v) is 2.74. The van der Waals surface area contributed by atoms with Crippen LogP contribution in [0.4, 0.5) is 0 Å². The van der Waals surface area contributed by atoms with E-state index in [0.717, 1.165) is 13.0 Å². The molecule has 1 fully saturated rings. The fraction of sp³-hybridized carbons (Fsp3) is 0.714. The third kappa shape index (κ3) is 1.93. The average molecular weight is 156 g/mol. The van der Waals surface area contributed by atoms with Gasteiger partial charge in [0.1, 0.15) is 0 Å². The van der Waals surface area contributed by atoms with Gasteiger partial charge in [0.25, 0.3) is 0 Å². The summed E-state index contributed by atoms with van der Waals surface area (Å²) < 4.78 is 0. The smallest absolute Gasteiger partial charge is 0.219 e. The molecule has 0 saturated carbocycles. The first-order chi connectivity index (χ1) is 5.24. The highest BCUT2D eigenvalue weighted by Crippen LogP contribution is 2.07. The van der Waals surface area contributed by atoms with Crippen molar-refractivity contribution in [2.45, 2.75) is 19.4 Å². The lowest BCUT2D eigenvalue weighted by Crippen LogP contribution is -2.33. The molecule has 0 spiro atoms. The summed E-state index contributed by atoms with van der Waals surface area (Å²) in [5, 5.41) is 2.65. The van der Waals surface area contributed by atoms with Gasteiger partial charge >= 0.3 is 0 Å². The molecule has 0 aliphatic carbocycles. The predicted molar refractivity (Wildman–Crippen MR) is 39.9 cm³/mol. The lowest BCUT2D eigenvalue weighted by atomic mass is 10.3. The molecule has 1 saturated heterocycles. The fourth-order valence-corrected chi connectivity index (χ4v) is 1.28. The number of rotatable bonds is 2. The molecule has 0 bridgehead atoms. The zero-order chi connectivity index (χ0) is 8.27. The average Bonchev–Trinajstić information content (AvgIpc) is 2.37. The van der Waals surface area contributed by atoms with Gasteiger partial charge in [-0.25, -0.2) is 0 Å². The van der Waals surface area contributed by atoms with Crippen LogP contribution >= 0.6 is 0 Å². The fourth-order valence-electron chi connectivity index (χ4n) is 1.28. The van der Waals surface area contributed by atoms with Gasteiger partial charge in [0.15, 0.2) is 0 Å². The molecule has 1 rings (SSSR count). The molecule has 0 aromatic rings. The molecule has 1 N–H and O–H groups in total. The molecule has 0 radical (unpaired) electrons. The van der Waals surface area contributed by atoms with Crippen LogP contribution in [0.15, 0.2) is 0 Å². The van der Waals surface area contributed by atoms with Crippen LogP contribution in [0.5, 0.6) is 0 Å². The quantitative estimate of drug-likeness (QED) is 0.540. The highest BCUT2D eigenvalue weighted by atomic mass is 16.2. The maximum absolute atomic E-state index is 10.8. The first-order valence-electron chi connectivity index (χ1n) is 3.69. The second-order valence-electron chi connectivity index (χ2n) is 2.74. The largest absolute Gasteiger partial charge is 0.354 e. The summed E-state index contributed by atoms with van der Waals surface area (Å²) in [5.41, 5.74) is 0. The number of nitrogens with zero attached hydrogens (tertiary/aromatic N) is 1. The van der Waals surface area contributed by atoms with Crippen LogP contribution in [-0.4, -0.2) is 36.3 Å². The zero-order valence-corrected chi connectivity index (χ0v) is 6.54. The van der Waals surface area contributed by atoms with Gasteiger partial charge in [-0.1, -0.05) is 0 Å². The highest BCUT2D eigenvalue weighted by Gasteiger charge is 2.22. The third-order valence-electron chi connectivity index (χ3n) is 1.94. The molecule has 4 nitrogen and oxygen atoms in total. The summed E-state index contributed by atoms with van der Waals surface area (Å²) in [6, 6.07) is 0.163. The number of amides is 2. The van der Waals surface area contributed by atoms with Gasteiger partial charge in [-0.2, -0.15) is 0 Å². The van der Waals surface area contributed by atoms with E-state index in [4.69, 9.17) is 0 Å². The van der Waals surface area contributed by atoms with Crippen LogP contribution in [0.3, 0.4) is 0 Å². The van der Waals surface area contributed by atoms with Crippen molar-refractivity contribution in [1.82, 2.24) is 10.2 Å². The third-order valence-corrected chi connectivity index (χ3v) is 1.94. The summed E-state index contributed by atoms with van der Waals surface area (Å²) in [5.74, 6) is 0.0835. The highest BCUT2D eigenvalue weighted by molar-refractivity contribution is 5.73. The molecule has 1 unspecified atom stereocenters. The molecule has 1 aliphatic rings. The van der Waals surface area contributed by atoms with E-state index in [2.05, 4.69) is 5.32 Å². The normalized spacial score (nSPS) is 23.4. The van der Waals surface area contributed by atoms with Crippen molar-refractivity contribution in [3.63, 3.8) is 0 Å². The van der Waals surface area contributed by atoms with Gasteiger partial charge in [0.05, 0.1) is 0 Å². The van der Waals surface area contributed by atoms with E-state index in [0.29, 0.717) is 13.0 Å². The Bertz CT molecular complexity index is 170. The number of carbonyl (C=O) groups excluding carboxylic acids is 2. The standard InChI is InChI=1S/C7H12N2O2/c1-6(11)9-3-2-7(4-9)8-5-10/h5,7H,2-4H2,1H3,(H,8,10). The Morgan fingerprint density at radius 3 is 2.91 bits per heavy atom. The summed E-state index contributed by atoms with van der Waals surface area (Å²) in [4.78, 5) is 22.6. The Morgan fingerprint density at radius 1 is 1.73 bits per heavy atom. The van der Waals surface area contributed by atoms with E-state index >= 15 is 0 Å². The van der Waals surface area contributed by atoms with Gasteiger partial charge in [-0.15, -0.1) is 0 Å². The van der Waals surface area contributed by atoms with Crippen molar-refractivity contribution >= 4 is 12.3 Å². The molecule has 1 atom stereocenters. The maximum atomic E-state index is 10.8. The molecular weight excluding hydrogens is 144 g/mol. The Morgan fingerprint density at radius 2 is 2.45 bits per heavy atom. The van der Waals surface area contributed by atoms with Crippen molar-refractivity contribution in [3.05, 3.63) is 0 Å². The van der Waals surface area contributed by atoms with E-state index < -0.39 is 0 Å². The number of carbonyl (C=O) groups is 2. The number of nitrogens with one attached hydrogen (secondary N) is 1. The van der Waals surface area contributed by atoms with Crippen LogP contribution in [-0.2, 0) is 9.59 Å². The Hall–Kier alpha value is -1.06. The van der Waals surface area contributed by atoms with E-state index in [1.165, 1.54) is 0 Å². The molecule has 0 aromatic heterocycles. The Labute approximate surface area is 65.6 Å². The molecule has 1 aliphatic heterocycles. The Kier molecular flexibility index (Phi) is 2.46. The van der Waals surface area contributed by atoms with Gasteiger partial charge in [-0.05, 0) is 6.42 Å². The lowest BCUT2D eigenvalue weighted by Gasteiger charge is -2.12. The van der Waals surface area contributed by atoms with Gasteiger partial charge in [0, 0.05) is 26.1 Å². The van der Waals surface area contributed by atoms with Gasteiger partial charge in [-0.3, -0.25) is 9.59 Å². The predicted octanol–water partition coefficient (Wildman–Crippen LogP) is -0.647. The number of likely N-dealkylation sites (tertiary alicyclic amines) is 1. The van der Waals surface area contributed by atoms with Crippen molar-refractivity contribution in [2.24, 2.45) is 0 Å². The topological polar surface area (TPSA) is 49.4 Å². The number of hydrogen-bond donors (Lipinski definition) is 1. The van der Waals surface area contributed by atoms with Crippen molar-refractivity contribution < 1.29 is 9.59 Å². The molecular formula is C7H12N2O2. The van der Waals surface area contributed by atoms with E-state index in [-0.39, 0.29) is 11.9 Å². The van der Waals surface area contributed by atoms with Crippen LogP contribution in [0.1, 0.15) is 13.3 Å². The van der Waals surface area contributed by atoms with E-state index in [1.54, 1.807) is 11.8 Å². The van der Waals surface area contributed by atoms with Crippen LogP contribution in [0.25, 0.3) is 0 Å². The molecule has 0 aromatic carbocycles. The minimum atomic E-state index is 0.0835. The summed E-state index contributed by atoms with van der Waals surface area (Å²) in [6.45, 7) is 2.97. The summed E-state index contributed by atoms with van der Waals surface area (Å²) in [6.07, 6.45) is 1.56. The van der Waals surface area contributed by atoms with E-state index in [1.807, 2.05) is 0 Å². The van der Waals surface area contributed by atoms with Crippen LogP contribution in [0, 0.1) is 0 Å². The zero-order valence-electron chi connectivity index (χ0n) is 6.54. The van der Waals surface area contributed by atoms with Crippen molar-refractivity contribution in [1.29, 1.82) is 0 Å². The molecule has 2 amide bonds. The minimum Gasteiger partial charge on any atom is -0.354 e. The SMILES string of the molecule is CC(=O)N1CCC(NC=O)C1. The minimum absolute atomic E-state index is 0.0835. The molecule has 4 heteroatoms. The molecule has 11 heavy (non-hydrogen) atoms. The van der Waals surface area contributed by atoms with Crippen LogP contribution < -0.4 is 5.32 Å². The monoisotopic (exact) mass is 156 g/mol. The second kappa shape index (κ2) is 3.37. The first kappa shape index (κ1) is 8.04. The van der Waals surface area contributed by atoms with Gasteiger partial charge in [0.2, 0.25) is 12.3 Å². The van der Waals surface area contributed by atoms with Crippen molar-refractivity contribution in [2.75, 3.05) is 13.1 Å². The molecule has 62 valence electrons. The van der Waals surface area contributed by atoms with E-state index in [9.17, 15) is 9.59 Å². The number of hydrogen-bond acceptors (Lipinski definition) is 2.